The number of aliphatic hydroxyl groups is 1. The Balaban J connectivity index is 1.46. The molecular weight excluding hydrogens is 332 g/mol. The third kappa shape index (κ3) is 3.24. The summed E-state index contributed by atoms with van der Waals surface area (Å²) in [5.74, 6) is 0.369. The largest absolute Gasteiger partial charge is 0.394 e. The molecule has 2 fully saturated rings. The fourth-order valence-electron chi connectivity index (χ4n) is 3.50. The Kier molecular flexibility index (Phi) is 4.50. The van der Waals surface area contributed by atoms with Crippen LogP contribution >= 0.6 is 0 Å². The number of nitrogens with one attached hydrogen (secondary N) is 1. The summed E-state index contributed by atoms with van der Waals surface area (Å²) in [6, 6.07) is -0.109. The summed E-state index contributed by atoms with van der Waals surface area (Å²) in [5.41, 5.74) is 1.26. The van der Waals surface area contributed by atoms with Gasteiger partial charge < -0.3 is 15.3 Å². The Bertz CT molecular complexity index is 763. The number of anilines is 1. The van der Waals surface area contributed by atoms with Gasteiger partial charge in [0.1, 0.15) is 6.33 Å². The average Bonchev–Trinajstić information content (AvgIpc) is 3.49. The third-order valence-electron chi connectivity index (χ3n) is 5.21. The molecular formula is C18H22N6O2. The molecule has 1 atom stereocenters. The Hall–Kier alpha value is -2.61. The maximum Gasteiger partial charge on any atom is 0.257 e. The first kappa shape index (κ1) is 16.8. The lowest BCUT2D eigenvalue weighted by molar-refractivity contribution is 0.0502. The van der Waals surface area contributed by atoms with Crippen molar-refractivity contribution in [1.82, 2.24) is 24.8 Å². The number of piperidine rings is 1. The zero-order chi connectivity index (χ0) is 18.0. The quantitative estimate of drug-likeness (QED) is 0.835. The highest BCUT2D eigenvalue weighted by Crippen LogP contribution is 2.47. The van der Waals surface area contributed by atoms with E-state index in [2.05, 4.69) is 25.3 Å². The molecule has 1 aliphatic carbocycles. The Morgan fingerprint density at radius 1 is 1.19 bits per heavy atom. The fourth-order valence-corrected chi connectivity index (χ4v) is 3.50. The van der Waals surface area contributed by atoms with Crippen molar-refractivity contribution >= 4 is 11.9 Å². The van der Waals surface area contributed by atoms with E-state index in [0.717, 1.165) is 37.7 Å². The molecule has 2 N–H and O–H groups in total. The van der Waals surface area contributed by atoms with Gasteiger partial charge in [0.15, 0.2) is 0 Å². The fraction of sp³-hybridized carbons (Fsp3) is 0.500. The van der Waals surface area contributed by atoms with Crippen LogP contribution in [0.2, 0.25) is 0 Å². The molecule has 0 unspecified atom stereocenters. The van der Waals surface area contributed by atoms with E-state index in [-0.39, 0.29) is 24.1 Å². The number of rotatable bonds is 5. The molecule has 2 aliphatic rings. The number of aliphatic hydroxyl groups excluding tert-OH is 1. The van der Waals surface area contributed by atoms with Gasteiger partial charge in [0.05, 0.1) is 23.8 Å². The van der Waals surface area contributed by atoms with E-state index in [1.165, 1.54) is 6.33 Å². The van der Waals surface area contributed by atoms with E-state index in [9.17, 15) is 9.90 Å². The summed E-state index contributed by atoms with van der Waals surface area (Å²) in [5, 5.41) is 12.8. The number of hydrogen-bond acceptors (Lipinski definition) is 7. The minimum atomic E-state index is -0.207. The summed E-state index contributed by atoms with van der Waals surface area (Å²) in [4.78, 5) is 31.2. The first-order chi connectivity index (χ1) is 12.7. The van der Waals surface area contributed by atoms with Crippen LogP contribution in [-0.4, -0.2) is 55.0 Å². The molecule has 2 aromatic heterocycles. The highest BCUT2D eigenvalue weighted by atomic mass is 16.3. The van der Waals surface area contributed by atoms with E-state index in [4.69, 9.17) is 0 Å². The monoisotopic (exact) mass is 354 g/mol. The molecule has 26 heavy (non-hydrogen) atoms. The van der Waals surface area contributed by atoms with Gasteiger partial charge in [0, 0.05) is 36.9 Å². The number of carbonyl (C=O) groups is 1. The molecule has 1 saturated carbocycles. The predicted octanol–water partition coefficient (Wildman–Crippen LogP) is 1.35. The molecule has 0 bridgehead atoms. The van der Waals surface area contributed by atoms with Crippen LogP contribution in [0, 0.1) is 0 Å². The Labute approximate surface area is 151 Å². The zero-order valence-electron chi connectivity index (χ0n) is 14.5. The molecule has 1 amide bonds. The van der Waals surface area contributed by atoms with Crippen molar-refractivity contribution in [2.75, 3.05) is 18.5 Å². The second-order valence-electron chi connectivity index (χ2n) is 6.96. The van der Waals surface area contributed by atoms with Crippen LogP contribution in [0.15, 0.2) is 31.1 Å². The average molecular weight is 354 g/mol. The highest BCUT2D eigenvalue weighted by Gasteiger charge is 2.45. The molecule has 1 aliphatic heterocycles. The van der Waals surface area contributed by atoms with Crippen LogP contribution in [-0.2, 0) is 5.54 Å². The van der Waals surface area contributed by atoms with E-state index < -0.39 is 0 Å². The van der Waals surface area contributed by atoms with Crippen LogP contribution in [0.3, 0.4) is 0 Å². The van der Waals surface area contributed by atoms with Crippen LogP contribution < -0.4 is 5.32 Å². The van der Waals surface area contributed by atoms with Crippen molar-refractivity contribution in [2.24, 2.45) is 0 Å². The second-order valence-corrected chi connectivity index (χ2v) is 6.96. The molecule has 0 radical (unpaired) electrons. The van der Waals surface area contributed by atoms with Gasteiger partial charge >= 0.3 is 0 Å². The van der Waals surface area contributed by atoms with Gasteiger partial charge in [0.25, 0.3) is 5.91 Å². The van der Waals surface area contributed by atoms with Gasteiger partial charge in [-0.05, 0) is 32.1 Å². The number of hydrogen-bond donors (Lipinski definition) is 2. The van der Waals surface area contributed by atoms with Crippen molar-refractivity contribution in [1.29, 1.82) is 0 Å². The van der Waals surface area contributed by atoms with Crippen LogP contribution in [0.25, 0.3) is 0 Å². The molecule has 4 rings (SSSR count). The van der Waals surface area contributed by atoms with Gasteiger partial charge in [-0.1, -0.05) is 0 Å². The van der Waals surface area contributed by atoms with Crippen molar-refractivity contribution in [3.63, 3.8) is 0 Å². The molecule has 0 spiro atoms. The lowest BCUT2D eigenvalue weighted by atomic mass is 10.0. The minimum Gasteiger partial charge on any atom is -0.394 e. The maximum absolute atomic E-state index is 12.7. The molecule has 8 nitrogen and oxygen atoms in total. The van der Waals surface area contributed by atoms with E-state index >= 15 is 0 Å². The normalized spacial score (nSPS) is 21.3. The number of aromatic nitrogens is 4. The van der Waals surface area contributed by atoms with Crippen molar-refractivity contribution in [2.45, 2.75) is 43.7 Å². The Morgan fingerprint density at radius 2 is 1.92 bits per heavy atom. The lowest BCUT2D eigenvalue weighted by Gasteiger charge is -2.34. The highest BCUT2D eigenvalue weighted by molar-refractivity contribution is 5.94. The number of amides is 1. The first-order valence-electron chi connectivity index (χ1n) is 8.99. The second kappa shape index (κ2) is 6.95. The topological polar surface area (TPSA) is 104 Å². The van der Waals surface area contributed by atoms with E-state index in [0.29, 0.717) is 18.1 Å². The van der Waals surface area contributed by atoms with Crippen LogP contribution in [0.5, 0.6) is 0 Å². The van der Waals surface area contributed by atoms with Crippen molar-refractivity contribution in [3.8, 4) is 0 Å². The van der Waals surface area contributed by atoms with E-state index in [1.807, 2.05) is 0 Å². The van der Waals surface area contributed by atoms with Crippen molar-refractivity contribution < 1.29 is 9.90 Å². The summed E-state index contributed by atoms with van der Waals surface area (Å²) in [7, 11) is 0. The summed E-state index contributed by atoms with van der Waals surface area (Å²) >= 11 is 0. The van der Waals surface area contributed by atoms with Crippen molar-refractivity contribution in [3.05, 3.63) is 42.2 Å². The standard InChI is InChI=1S/C18H22N6O2/c25-11-15-3-1-2-6-24(15)16(26)13-7-21-17(22-8-13)23-18(4-5-18)14-9-19-12-20-10-14/h7-10,12,15,25H,1-6,11H2,(H,21,22,23)/t15-/m1/s1. The number of nitrogens with zero attached hydrogens (tertiary/aromatic N) is 5. The molecule has 0 aromatic carbocycles. The van der Waals surface area contributed by atoms with Crippen LogP contribution in [0.4, 0.5) is 5.95 Å². The van der Waals surface area contributed by atoms with Gasteiger partial charge in [-0.3, -0.25) is 4.79 Å². The SMILES string of the molecule is O=C(c1cnc(NC2(c3cncnc3)CC2)nc1)N1CCCC[C@@H]1CO. The molecule has 2 aromatic rings. The molecule has 1 saturated heterocycles. The number of carbonyl (C=O) groups excluding carboxylic acids is 1. The maximum atomic E-state index is 12.7. The smallest absolute Gasteiger partial charge is 0.257 e. The van der Waals surface area contributed by atoms with Gasteiger partial charge in [-0.25, -0.2) is 19.9 Å². The zero-order valence-corrected chi connectivity index (χ0v) is 14.5. The van der Waals surface area contributed by atoms with E-state index in [1.54, 1.807) is 29.7 Å². The summed E-state index contributed by atoms with van der Waals surface area (Å²) < 4.78 is 0. The van der Waals surface area contributed by atoms with Gasteiger partial charge in [0.2, 0.25) is 5.95 Å². The molecule has 8 heteroatoms. The summed E-state index contributed by atoms with van der Waals surface area (Å²) in [6.07, 6.45) is 13.0. The Morgan fingerprint density at radius 3 is 2.58 bits per heavy atom. The lowest BCUT2D eigenvalue weighted by Crippen LogP contribution is -2.45. The minimum absolute atomic E-state index is 0.00605. The van der Waals surface area contributed by atoms with Gasteiger partial charge in [-0.2, -0.15) is 0 Å². The summed E-state index contributed by atoms with van der Waals surface area (Å²) in [6.45, 7) is 0.662. The van der Waals surface area contributed by atoms with Crippen LogP contribution in [0.1, 0.15) is 48.0 Å². The predicted molar refractivity (Wildman–Crippen MR) is 94.4 cm³/mol. The first-order valence-corrected chi connectivity index (χ1v) is 8.99. The number of likely N-dealkylation sites (tertiary alicyclic amines) is 1. The molecule has 3 heterocycles. The molecule has 136 valence electrons. The third-order valence-corrected chi connectivity index (χ3v) is 5.21. The van der Waals surface area contributed by atoms with Gasteiger partial charge in [-0.15, -0.1) is 0 Å².